The third-order valence-electron chi connectivity index (χ3n) is 2.76. The van der Waals surface area contributed by atoms with Gasteiger partial charge in [0, 0.05) is 17.8 Å². The number of hydrogen-bond acceptors (Lipinski definition) is 3. The van der Waals surface area contributed by atoms with Gasteiger partial charge in [-0.05, 0) is 25.0 Å². The third kappa shape index (κ3) is 5.81. The van der Waals surface area contributed by atoms with Crippen molar-refractivity contribution in [1.29, 1.82) is 0 Å². The predicted octanol–water partition coefficient (Wildman–Crippen LogP) is 1.43. The second-order valence-electron chi connectivity index (χ2n) is 4.19. The molecule has 1 heterocycles. The van der Waals surface area contributed by atoms with Gasteiger partial charge in [0.2, 0.25) is 0 Å². The van der Waals surface area contributed by atoms with Gasteiger partial charge >= 0.3 is 12.0 Å². The van der Waals surface area contributed by atoms with Crippen molar-refractivity contribution >= 4 is 23.8 Å². The topological polar surface area (TPSA) is 78.4 Å². The van der Waals surface area contributed by atoms with E-state index in [0.717, 1.165) is 6.42 Å². The Labute approximate surface area is 106 Å². The van der Waals surface area contributed by atoms with E-state index in [4.69, 9.17) is 5.11 Å². The zero-order valence-electron chi connectivity index (χ0n) is 10.1. The molecule has 17 heavy (non-hydrogen) atoms. The van der Waals surface area contributed by atoms with Crippen molar-refractivity contribution in [3.8, 4) is 0 Å². The lowest BCUT2D eigenvalue weighted by molar-refractivity contribution is -0.137. The number of aliphatic carboxylic acids is 1. The molecule has 6 heteroatoms. The highest BCUT2D eigenvalue weighted by Crippen LogP contribution is 2.25. The number of hydrogen-bond donors (Lipinski definition) is 3. The molecule has 0 bridgehead atoms. The minimum absolute atomic E-state index is 0.0257. The Balaban J connectivity index is 2.19. The van der Waals surface area contributed by atoms with Crippen LogP contribution in [0.1, 0.15) is 32.6 Å². The number of thioether (sulfide) groups is 1. The number of rotatable bonds is 6. The number of urea groups is 1. The second kappa shape index (κ2) is 7.42. The van der Waals surface area contributed by atoms with Crippen LogP contribution < -0.4 is 10.6 Å². The van der Waals surface area contributed by atoms with Crippen molar-refractivity contribution in [2.75, 3.05) is 12.3 Å². The van der Waals surface area contributed by atoms with Crippen molar-refractivity contribution in [2.45, 2.75) is 43.9 Å². The number of carboxylic acid groups (broad SMARTS) is 1. The van der Waals surface area contributed by atoms with E-state index in [1.165, 1.54) is 12.2 Å². The van der Waals surface area contributed by atoms with E-state index < -0.39 is 5.97 Å². The van der Waals surface area contributed by atoms with Crippen LogP contribution in [0.25, 0.3) is 0 Å². The highest BCUT2D eigenvalue weighted by atomic mass is 32.2. The Morgan fingerprint density at radius 2 is 2.29 bits per heavy atom. The molecule has 3 N–H and O–H groups in total. The summed E-state index contributed by atoms with van der Waals surface area (Å²) >= 11 is 1.88. The Kier molecular flexibility index (Phi) is 6.18. The standard InChI is InChI=1S/C11H20N2O3S/c1-2-8(6-10(14)15)13-11(16)12-7-9-4-3-5-17-9/h8-9H,2-7H2,1H3,(H,14,15)(H2,12,13,16). The molecule has 1 aliphatic rings. The summed E-state index contributed by atoms with van der Waals surface area (Å²) in [6, 6.07) is -0.547. The van der Waals surface area contributed by atoms with E-state index in [0.29, 0.717) is 18.2 Å². The Morgan fingerprint density at radius 1 is 1.53 bits per heavy atom. The molecule has 0 radical (unpaired) electrons. The normalized spacial score (nSPS) is 20.9. The predicted molar refractivity (Wildman–Crippen MR) is 68.3 cm³/mol. The Bertz CT molecular complexity index is 267. The van der Waals surface area contributed by atoms with Crippen molar-refractivity contribution in [2.24, 2.45) is 0 Å². The molecule has 1 fully saturated rings. The molecule has 1 saturated heterocycles. The van der Waals surface area contributed by atoms with Crippen LogP contribution in [0.15, 0.2) is 0 Å². The number of nitrogens with one attached hydrogen (secondary N) is 2. The van der Waals surface area contributed by atoms with Gasteiger partial charge in [0.1, 0.15) is 0 Å². The molecule has 2 unspecified atom stereocenters. The summed E-state index contributed by atoms with van der Waals surface area (Å²) < 4.78 is 0. The van der Waals surface area contributed by atoms with Crippen LogP contribution in [-0.4, -0.2) is 40.7 Å². The molecule has 1 aliphatic heterocycles. The maximum Gasteiger partial charge on any atom is 0.315 e. The first kappa shape index (κ1) is 14.2. The van der Waals surface area contributed by atoms with Gasteiger partial charge in [0.15, 0.2) is 0 Å². The van der Waals surface area contributed by atoms with Gasteiger partial charge in [0.25, 0.3) is 0 Å². The Hall–Kier alpha value is -0.910. The smallest absolute Gasteiger partial charge is 0.315 e. The van der Waals surface area contributed by atoms with Crippen molar-refractivity contribution in [1.82, 2.24) is 10.6 Å². The van der Waals surface area contributed by atoms with Crippen molar-refractivity contribution < 1.29 is 14.7 Å². The van der Waals surface area contributed by atoms with Gasteiger partial charge in [-0.2, -0.15) is 11.8 Å². The van der Waals surface area contributed by atoms with Gasteiger partial charge in [0.05, 0.1) is 6.42 Å². The fraction of sp³-hybridized carbons (Fsp3) is 0.818. The first-order valence-corrected chi connectivity index (χ1v) is 7.04. The quantitative estimate of drug-likeness (QED) is 0.675. The van der Waals surface area contributed by atoms with Crippen LogP contribution in [0.5, 0.6) is 0 Å². The fourth-order valence-corrected chi connectivity index (χ4v) is 2.96. The molecular weight excluding hydrogens is 240 g/mol. The van der Waals surface area contributed by atoms with Crippen LogP contribution in [0, 0.1) is 0 Å². The second-order valence-corrected chi connectivity index (χ2v) is 5.60. The van der Waals surface area contributed by atoms with Gasteiger partial charge < -0.3 is 15.7 Å². The highest BCUT2D eigenvalue weighted by Gasteiger charge is 2.18. The maximum absolute atomic E-state index is 11.5. The zero-order valence-corrected chi connectivity index (χ0v) is 10.9. The van der Waals surface area contributed by atoms with Gasteiger partial charge in [-0.3, -0.25) is 4.79 Å². The van der Waals surface area contributed by atoms with E-state index in [1.54, 1.807) is 0 Å². The van der Waals surface area contributed by atoms with E-state index >= 15 is 0 Å². The number of amides is 2. The van der Waals surface area contributed by atoms with Crippen molar-refractivity contribution in [3.63, 3.8) is 0 Å². The summed E-state index contributed by atoms with van der Waals surface area (Å²) in [6.07, 6.45) is 2.96. The van der Waals surface area contributed by atoms with Crippen LogP contribution >= 0.6 is 11.8 Å². The zero-order chi connectivity index (χ0) is 12.7. The van der Waals surface area contributed by atoms with Crippen LogP contribution in [0.2, 0.25) is 0 Å². The molecule has 2 amide bonds. The minimum atomic E-state index is -0.886. The number of carbonyl (C=O) groups excluding carboxylic acids is 1. The first-order valence-electron chi connectivity index (χ1n) is 5.99. The SMILES string of the molecule is CCC(CC(=O)O)NC(=O)NCC1CCCS1. The minimum Gasteiger partial charge on any atom is -0.481 e. The summed E-state index contributed by atoms with van der Waals surface area (Å²) in [5.74, 6) is 0.286. The molecule has 5 nitrogen and oxygen atoms in total. The highest BCUT2D eigenvalue weighted by molar-refractivity contribution is 8.00. The van der Waals surface area contributed by atoms with Gasteiger partial charge in [-0.1, -0.05) is 6.92 Å². The monoisotopic (exact) mass is 260 g/mol. The molecular formula is C11H20N2O3S. The number of carbonyl (C=O) groups is 2. The third-order valence-corrected chi connectivity index (χ3v) is 4.16. The van der Waals surface area contributed by atoms with Gasteiger partial charge in [-0.15, -0.1) is 0 Å². The van der Waals surface area contributed by atoms with E-state index in [2.05, 4.69) is 10.6 Å². The van der Waals surface area contributed by atoms with E-state index in [1.807, 2.05) is 18.7 Å². The van der Waals surface area contributed by atoms with Crippen LogP contribution in [0.3, 0.4) is 0 Å². The maximum atomic E-state index is 11.5. The molecule has 0 aromatic carbocycles. The first-order chi connectivity index (χ1) is 8.11. The molecule has 0 aliphatic carbocycles. The lowest BCUT2D eigenvalue weighted by atomic mass is 10.1. The van der Waals surface area contributed by atoms with E-state index in [9.17, 15) is 9.59 Å². The summed E-state index contributed by atoms with van der Waals surface area (Å²) in [6.45, 7) is 2.53. The molecule has 0 saturated carbocycles. The average molecular weight is 260 g/mol. The van der Waals surface area contributed by atoms with Crippen LogP contribution in [0.4, 0.5) is 4.79 Å². The summed E-state index contributed by atoms with van der Waals surface area (Å²) in [5, 5.41) is 14.7. The molecule has 2 atom stereocenters. The van der Waals surface area contributed by atoms with Gasteiger partial charge in [-0.25, -0.2) is 4.79 Å². The van der Waals surface area contributed by atoms with E-state index in [-0.39, 0.29) is 18.5 Å². The summed E-state index contributed by atoms with van der Waals surface area (Å²) in [5.41, 5.74) is 0. The lowest BCUT2D eigenvalue weighted by Crippen LogP contribution is -2.44. The molecule has 0 spiro atoms. The van der Waals surface area contributed by atoms with Crippen LogP contribution in [-0.2, 0) is 4.79 Å². The largest absolute Gasteiger partial charge is 0.481 e. The Morgan fingerprint density at radius 3 is 2.82 bits per heavy atom. The molecule has 1 rings (SSSR count). The summed E-state index contributed by atoms with van der Waals surface area (Å²) in [4.78, 5) is 22.1. The molecule has 0 aromatic rings. The lowest BCUT2D eigenvalue weighted by Gasteiger charge is -2.16. The molecule has 98 valence electrons. The average Bonchev–Trinajstić information content (AvgIpc) is 2.77. The van der Waals surface area contributed by atoms with Crippen molar-refractivity contribution in [3.05, 3.63) is 0 Å². The molecule has 0 aromatic heterocycles. The summed E-state index contributed by atoms with van der Waals surface area (Å²) in [7, 11) is 0. The number of carboxylic acids is 1. The fourth-order valence-electron chi connectivity index (χ4n) is 1.76.